The Morgan fingerprint density at radius 1 is 1.25 bits per heavy atom. The van der Waals surface area contributed by atoms with Crippen LogP contribution in [0.4, 0.5) is 0 Å². The summed E-state index contributed by atoms with van der Waals surface area (Å²) in [4.78, 5) is 19.4. The highest BCUT2D eigenvalue weighted by Crippen LogP contribution is 2.31. The number of nitrogens with one attached hydrogen (secondary N) is 1. The molecule has 3 nitrogen and oxygen atoms in total. The van der Waals surface area contributed by atoms with Gasteiger partial charge >= 0.3 is 0 Å². The highest BCUT2D eigenvalue weighted by atomic mass is 16.1. The van der Waals surface area contributed by atoms with Crippen molar-refractivity contribution in [1.82, 2.24) is 9.97 Å². The Hall–Kier alpha value is -1.90. The van der Waals surface area contributed by atoms with Crippen molar-refractivity contribution in [2.75, 3.05) is 0 Å². The van der Waals surface area contributed by atoms with E-state index in [1.165, 1.54) is 11.1 Å². The van der Waals surface area contributed by atoms with E-state index in [2.05, 4.69) is 48.1 Å². The zero-order valence-corrected chi connectivity index (χ0v) is 12.0. The first kappa shape index (κ1) is 13.1. The number of hydrogen-bond acceptors (Lipinski definition) is 2. The summed E-state index contributed by atoms with van der Waals surface area (Å²) in [7, 11) is 0. The molecule has 0 bridgehead atoms. The maximum atomic E-state index is 11.8. The zero-order valence-electron chi connectivity index (χ0n) is 12.0. The van der Waals surface area contributed by atoms with Gasteiger partial charge in [-0.1, -0.05) is 38.1 Å². The van der Waals surface area contributed by atoms with E-state index in [1.54, 1.807) is 6.07 Å². The fraction of sp³-hybridized carbons (Fsp3) is 0.412. The van der Waals surface area contributed by atoms with E-state index < -0.39 is 0 Å². The Kier molecular flexibility index (Phi) is 3.43. The van der Waals surface area contributed by atoms with Crippen LogP contribution < -0.4 is 5.56 Å². The first-order valence-corrected chi connectivity index (χ1v) is 7.28. The van der Waals surface area contributed by atoms with Gasteiger partial charge in [0.25, 0.3) is 5.56 Å². The molecule has 3 heteroatoms. The lowest BCUT2D eigenvalue weighted by atomic mass is 10.0. The number of aromatic nitrogens is 2. The van der Waals surface area contributed by atoms with Gasteiger partial charge in [-0.25, -0.2) is 4.98 Å². The second kappa shape index (κ2) is 5.23. The van der Waals surface area contributed by atoms with Crippen molar-refractivity contribution in [2.24, 2.45) is 5.92 Å². The van der Waals surface area contributed by atoms with Crippen LogP contribution in [0.25, 0.3) is 0 Å². The predicted molar refractivity (Wildman–Crippen MR) is 80.0 cm³/mol. The van der Waals surface area contributed by atoms with E-state index in [9.17, 15) is 4.79 Å². The predicted octanol–water partition coefficient (Wildman–Crippen LogP) is 2.85. The van der Waals surface area contributed by atoms with Crippen molar-refractivity contribution < 1.29 is 0 Å². The van der Waals surface area contributed by atoms with Crippen LogP contribution in [0.5, 0.6) is 0 Å². The van der Waals surface area contributed by atoms with E-state index in [0.717, 1.165) is 30.8 Å². The summed E-state index contributed by atoms with van der Waals surface area (Å²) in [6.45, 7) is 4.29. The molecule has 1 N–H and O–H groups in total. The van der Waals surface area contributed by atoms with Crippen molar-refractivity contribution in [2.45, 2.75) is 39.0 Å². The molecular formula is C17H20N2O. The lowest BCUT2D eigenvalue weighted by molar-refractivity contribution is 0.614. The average molecular weight is 268 g/mol. The van der Waals surface area contributed by atoms with Crippen molar-refractivity contribution >= 4 is 0 Å². The fourth-order valence-corrected chi connectivity index (χ4v) is 3.00. The summed E-state index contributed by atoms with van der Waals surface area (Å²) in [5.74, 6) is 1.68. The highest BCUT2D eigenvalue weighted by Gasteiger charge is 2.24. The zero-order chi connectivity index (χ0) is 14.1. The van der Waals surface area contributed by atoms with Gasteiger partial charge in [0.05, 0.1) is 0 Å². The van der Waals surface area contributed by atoms with Gasteiger partial charge in [-0.05, 0) is 36.3 Å². The van der Waals surface area contributed by atoms with Crippen molar-refractivity contribution in [3.63, 3.8) is 0 Å². The molecule has 1 aromatic heterocycles. The molecule has 0 aliphatic heterocycles. The smallest absolute Gasteiger partial charge is 0.251 e. The molecule has 0 radical (unpaired) electrons. The molecule has 0 spiro atoms. The molecule has 0 amide bonds. The molecule has 0 saturated carbocycles. The van der Waals surface area contributed by atoms with Crippen molar-refractivity contribution in [1.29, 1.82) is 0 Å². The van der Waals surface area contributed by atoms with Crippen LogP contribution in [-0.4, -0.2) is 9.97 Å². The molecule has 104 valence electrons. The summed E-state index contributed by atoms with van der Waals surface area (Å²) in [6, 6.07) is 10.1. The number of H-pyrrole nitrogens is 1. The number of rotatable bonds is 3. The lowest BCUT2D eigenvalue weighted by Crippen LogP contribution is -2.17. The summed E-state index contributed by atoms with van der Waals surface area (Å²) in [5.41, 5.74) is 3.65. The molecule has 1 heterocycles. The molecule has 0 atom stereocenters. The minimum absolute atomic E-state index is 0.0263. The normalized spacial score (nSPS) is 14.8. The van der Waals surface area contributed by atoms with Crippen molar-refractivity contribution in [3.8, 4) is 0 Å². The molecule has 20 heavy (non-hydrogen) atoms. The monoisotopic (exact) mass is 268 g/mol. The van der Waals surface area contributed by atoms with Gasteiger partial charge < -0.3 is 4.98 Å². The van der Waals surface area contributed by atoms with Gasteiger partial charge in [0.2, 0.25) is 0 Å². The molecule has 1 aromatic carbocycles. The molecular weight excluding hydrogens is 248 g/mol. The second-order valence-electron chi connectivity index (χ2n) is 6.09. The number of aromatic amines is 1. The standard InChI is InChI=1S/C17H20N2O/c1-11(2)7-15-10-16(20)19-17(18-15)14-8-12-5-3-4-6-13(12)9-14/h3-6,10-11,14H,7-9H2,1-2H3,(H,18,19,20). The SMILES string of the molecule is CC(C)Cc1cc(=O)[nH]c(C2Cc3ccccc3C2)n1. The van der Waals surface area contributed by atoms with Crippen molar-refractivity contribution in [3.05, 3.63) is 63.3 Å². The summed E-state index contributed by atoms with van der Waals surface area (Å²) in [6.07, 6.45) is 2.81. The van der Waals surface area contributed by atoms with E-state index in [-0.39, 0.29) is 5.56 Å². The van der Waals surface area contributed by atoms with Gasteiger partial charge in [-0.15, -0.1) is 0 Å². The van der Waals surface area contributed by atoms with Gasteiger partial charge in [-0.2, -0.15) is 0 Å². The van der Waals surface area contributed by atoms with E-state index >= 15 is 0 Å². The van der Waals surface area contributed by atoms with Gasteiger partial charge in [0, 0.05) is 17.7 Å². The number of hydrogen-bond donors (Lipinski definition) is 1. The van der Waals surface area contributed by atoms with Gasteiger partial charge in [0.15, 0.2) is 0 Å². The minimum atomic E-state index is -0.0263. The fourth-order valence-electron chi connectivity index (χ4n) is 3.00. The minimum Gasteiger partial charge on any atom is -0.310 e. The third-order valence-corrected chi connectivity index (χ3v) is 3.87. The van der Waals surface area contributed by atoms with Crippen LogP contribution in [-0.2, 0) is 19.3 Å². The number of fused-ring (bicyclic) bond motifs is 1. The Morgan fingerprint density at radius 3 is 2.50 bits per heavy atom. The lowest BCUT2D eigenvalue weighted by Gasteiger charge is -2.11. The molecule has 1 aliphatic rings. The highest BCUT2D eigenvalue weighted by molar-refractivity contribution is 5.35. The van der Waals surface area contributed by atoms with Crippen LogP contribution in [0.3, 0.4) is 0 Å². The van der Waals surface area contributed by atoms with E-state index in [4.69, 9.17) is 0 Å². The number of benzene rings is 1. The quantitative estimate of drug-likeness (QED) is 0.930. The third kappa shape index (κ3) is 2.67. The second-order valence-corrected chi connectivity index (χ2v) is 6.09. The summed E-state index contributed by atoms with van der Waals surface area (Å²) < 4.78 is 0. The van der Waals surface area contributed by atoms with Gasteiger partial charge in [0.1, 0.15) is 5.82 Å². The van der Waals surface area contributed by atoms with Crippen LogP contribution in [0.15, 0.2) is 35.1 Å². The van der Waals surface area contributed by atoms with Crippen LogP contribution in [0, 0.1) is 5.92 Å². The molecule has 2 aromatic rings. The Labute approximate surface area is 119 Å². The molecule has 0 unspecified atom stereocenters. The summed E-state index contributed by atoms with van der Waals surface area (Å²) >= 11 is 0. The average Bonchev–Trinajstić information content (AvgIpc) is 2.80. The van der Waals surface area contributed by atoms with E-state index in [0.29, 0.717) is 11.8 Å². The van der Waals surface area contributed by atoms with Crippen LogP contribution in [0.1, 0.15) is 42.4 Å². The Morgan fingerprint density at radius 2 is 1.90 bits per heavy atom. The third-order valence-electron chi connectivity index (χ3n) is 3.87. The van der Waals surface area contributed by atoms with Crippen LogP contribution >= 0.6 is 0 Å². The van der Waals surface area contributed by atoms with Gasteiger partial charge in [-0.3, -0.25) is 4.79 Å². The molecule has 1 aliphatic carbocycles. The summed E-state index contributed by atoms with van der Waals surface area (Å²) in [5, 5.41) is 0. The molecule has 3 rings (SSSR count). The largest absolute Gasteiger partial charge is 0.310 e. The Bertz CT molecular complexity index is 648. The number of nitrogens with zero attached hydrogens (tertiary/aromatic N) is 1. The first-order valence-electron chi connectivity index (χ1n) is 7.28. The Balaban J connectivity index is 1.89. The van der Waals surface area contributed by atoms with Crippen LogP contribution in [0.2, 0.25) is 0 Å². The first-order chi connectivity index (χ1) is 9.61. The topological polar surface area (TPSA) is 45.8 Å². The molecule has 0 fully saturated rings. The maximum Gasteiger partial charge on any atom is 0.251 e. The molecule has 0 saturated heterocycles. The van der Waals surface area contributed by atoms with E-state index in [1.807, 2.05) is 0 Å². The maximum absolute atomic E-state index is 11.8.